The first-order valence-electron chi connectivity index (χ1n) is 11.0. The number of para-hydroxylation sites is 1. The molecule has 0 saturated heterocycles. The molecule has 0 bridgehead atoms. The van der Waals surface area contributed by atoms with E-state index in [9.17, 15) is 4.79 Å². The van der Waals surface area contributed by atoms with Gasteiger partial charge in [-0.05, 0) is 23.3 Å². The molecule has 1 N–H and O–H groups in total. The van der Waals surface area contributed by atoms with Crippen molar-refractivity contribution in [2.75, 3.05) is 0 Å². The number of carbonyl (C=O) groups is 1. The van der Waals surface area contributed by atoms with Gasteiger partial charge in [0.2, 0.25) is 0 Å². The Balaban J connectivity index is 1.41. The van der Waals surface area contributed by atoms with Crippen LogP contribution in [0.25, 0.3) is 22.7 Å². The summed E-state index contributed by atoms with van der Waals surface area (Å²) in [4.78, 5) is 19.0. The zero-order chi connectivity index (χ0) is 23.1. The normalized spacial score (nSPS) is 16.7. The lowest BCUT2D eigenvalue weighted by Gasteiger charge is -2.26. The van der Waals surface area contributed by atoms with E-state index in [0.29, 0.717) is 5.17 Å². The van der Waals surface area contributed by atoms with Gasteiger partial charge in [-0.25, -0.2) is 0 Å². The number of hydrogen-bond acceptors (Lipinski definition) is 3. The van der Waals surface area contributed by atoms with E-state index >= 15 is 0 Å². The second kappa shape index (κ2) is 8.32. The molecule has 4 aromatic rings. The molecule has 0 fully saturated rings. The van der Waals surface area contributed by atoms with E-state index in [-0.39, 0.29) is 17.3 Å². The third-order valence-corrected chi connectivity index (χ3v) is 6.82. The highest BCUT2D eigenvalue weighted by Gasteiger charge is 2.36. The van der Waals surface area contributed by atoms with E-state index in [1.165, 1.54) is 17.3 Å². The van der Waals surface area contributed by atoms with E-state index in [1.807, 2.05) is 66.1 Å². The van der Waals surface area contributed by atoms with Crippen LogP contribution in [0.2, 0.25) is 0 Å². The van der Waals surface area contributed by atoms with Crippen LogP contribution in [0.4, 0.5) is 0 Å². The van der Waals surface area contributed by atoms with Crippen molar-refractivity contribution >= 4 is 51.3 Å². The largest absolute Gasteiger partial charge is 0.342 e. The molecule has 0 spiro atoms. The fourth-order valence-electron chi connectivity index (χ4n) is 4.37. The van der Waals surface area contributed by atoms with Crippen molar-refractivity contribution < 1.29 is 4.79 Å². The summed E-state index contributed by atoms with van der Waals surface area (Å²) < 4.78 is 2.18. The molecule has 34 heavy (non-hydrogen) atoms. The Morgan fingerprint density at radius 1 is 0.912 bits per heavy atom. The lowest BCUT2D eigenvalue weighted by molar-refractivity contribution is -0.114. The molecule has 3 aromatic carbocycles. The van der Waals surface area contributed by atoms with Crippen LogP contribution in [0.5, 0.6) is 0 Å². The molecule has 164 valence electrons. The second-order valence-corrected chi connectivity index (χ2v) is 8.98. The van der Waals surface area contributed by atoms with Crippen molar-refractivity contribution in [2.24, 2.45) is 4.99 Å². The van der Waals surface area contributed by atoms with Crippen LogP contribution in [0.3, 0.4) is 0 Å². The molecule has 3 heterocycles. The summed E-state index contributed by atoms with van der Waals surface area (Å²) in [5, 5.41) is 12.4. The number of rotatable bonds is 4. The molecule has 1 amide bonds. The maximum Gasteiger partial charge on any atom is 0.283 e. The van der Waals surface area contributed by atoms with Crippen LogP contribution in [0, 0.1) is 5.41 Å². The Hall–Kier alpha value is -4.16. The van der Waals surface area contributed by atoms with Gasteiger partial charge >= 0.3 is 0 Å². The van der Waals surface area contributed by atoms with Crippen molar-refractivity contribution in [1.29, 1.82) is 5.41 Å². The van der Waals surface area contributed by atoms with Crippen molar-refractivity contribution in [1.82, 2.24) is 9.47 Å². The van der Waals surface area contributed by atoms with E-state index in [1.54, 1.807) is 11.0 Å². The number of amides is 1. The Morgan fingerprint density at radius 2 is 1.62 bits per heavy atom. The van der Waals surface area contributed by atoms with Gasteiger partial charge in [-0.2, -0.15) is 4.99 Å². The highest BCUT2D eigenvalue weighted by atomic mass is 32.2. The molecule has 5 nitrogen and oxygen atoms in total. The lowest BCUT2D eigenvalue weighted by atomic mass is 10.1. The van der Waals surface area contributed by atoms with Gasteiger partial charge in [0.15, 0.2) is 5.17 Å². The summed E-state index contributed by atoms with van der Waals surface area (Å²) in [6, 6.07) is 28.3. The van der Waals surface area contributed by atoms with Crippen LogP contribution in [0.15, 0.2) is 107 Å². The number of hydrogen-bond donors (Lipinski definition) is 1. The molecular formula is C28H20N4OS. The van der Waals surface area contributed by atoms with Crippen molar-refractivity contribution in [3.8, 4) is 0 Å². The van der Waals surface area contributed by atoms with Gasteiger partial charge in [0.1, 0.15) is 5.84 Å². The molecule has 0 radical (unpaired) electrons. The molecule has 0 saturated carbocycles. The third-order valence-electron chi connectivity index (χ3n) is 6.00. The fourth-order valence-corrected chi connectivity index (χ4v) is 5.26. The fraction of sp³-hybridized carbons (Fsp3) is 0.0357. The molecule has 6 heteroatoms. The number of nitrogens with zero attached hydrogens (tertiary/aromatic N) is 3. The van der Waals surface area contributed by atoms with E-state index < -0.39 is 0 Å². The van der Waals surface area contributed by atoms with E-state index in [0.717, 1.165) is 34.3 Å². The maximum absolute atomic E-state index is 13.0. The maximum atomic E-state index is 13.0. The van der Waals surface area contributed by atoms with Crippen LogP contribution >= 0.6 is 11.8 Å². The van der Waals surface area contributed by atoms with Crippen molar-refractivity contribution in [3.05, 3.63) is 119 Å². The first kappa shape index (κ1) is 20.4. The summed E-state index contributed by atoms with van der Waals surface area (Å²) in [5.41, 5.74) is 5.31. The molecule has 0 atom stereocenters. The van der Waals surface area contributed by atoms with Crippen molar-refractivity contribution in [2.45, 2.75) is 6.54 Å². The first-order valence-corrected chi connectivity index (χ1v) is 11.8. The zero-order valence-corrected chi connectivity index (χ0v) is 19.0. The van der Waals surface area contributed by atoms with Gasteiger partial charge in [0.25, 0.3) is 5.91 Å². The number of carbonyl (C=O) groups excluding carboxylic acids is 1. The number of aromatic nitrogens is 1. The Morgan fingerprint density at radius 3 is 2.41 bits per heavy atom. The standard InChI is InChI=1S/C28H20N4OS/c29-26-23(27(33)30-28-32(26)25(18-34-28)20-11-5-2-6-12-20)15-21-17-31(16-19-9-3-1-4-10-19)24-14-8-7-13-22(21)24/h1-15,17-18,29H,16H2. The summed E-state index contributed by atoms with van der Waals surface area (Å²) in [5.74, 6) is -0.235. The van der Waals surface area contributed by atoms with Crippen LogP contribution in [-0.2, 0) is 11.3 Å². The monoisotopic (exact) mass is 460 g/mol. The van der Waals surface area contributed by atoms with Gasteiger partial charge in [-0.15, -0.1) is 0 Å². The molecule has 2 aliphatic rings. The predicted molar refractivity (Wildman–Crippen MR) is 139 cm³/mol. The minimum absolute atomic E-state index is 0.148. The topological polar surface area (TPSA) is 61.5 Å². The van der Waals surface area contributed by atoms with Crippen LogP contribution in [0.1, 0.15) is 16.7 Å². The smallest absolute Gasteiger partial charge is 0.283 e. The van der Waals surface area contributed by atoms with Gasteiger partial charge in [-0.3, -0.25) is 15.1 Å². The average molecular weight is 461 g/mol. The lowest BCUT2D eigenvalue weighted by Crippen LogP contribution is -2.37. The zero-order valence-electron chi connectivity index (χ0n) is 18.2. The molecule has 0 aliphatic carbocycles. The number of fused-ring (bicyclic) bond motifs is 2. The average Bonchev–Trinajstić information content (AvgIpc) is 3.45. The summed E-state index contributed by atoms with van der Waals surface area (Å²) in [6.45, 7) is 0.724. The molecular weight excluding hydrogens is 440 g/mol. The highest BCUT2D eigenvalue weighted by molar-refractivity contribution is 8.17. The Kier molecular flexibility index (Phi) is 5.00. The van der Waals surface area contributed by atoms with Gasteiger partial charge in [0, 0.05) is 34.6 Å². The number of thioether (sulfide) groups is 1. The van der Waals surface area contributed by atoms with Crippen LogP contribution < -0.4 is 0 Å². The molecule has 0 unspecified atom stereocenters. The summed E-state index contributed by atoms with van der Waals surface area (Å²) >= 11 is 1.37. The first-order chi connectivity index (χ1) is 16.7. The summed E-state index contributed by atoms with van der Waals surface area (Å²) in [7, 11) is 0. The number of benzene rings is 3. The number of nitrogens with one attached hydrogen (secondary N) is 1. The van der Waals surface area contributed by atoms with Crippen molar-refractivity contribution in [3.63, 3.8) is 0 Å². The van der Waals surface area contributed by atoms with E-state index in [2.05, 4.69) is 40.0 Å². The van der Waals surface area contributed by atoms with Gasteiger partial charge in [-0.1, -0.05) is 90.6 Å². The number of amidine groups is 2. The highest BCUT2D eigenvalue weighted by Crippen LogP contribution is 2.37. The minimum atomic E-state index is -0.383. The molecule has 1 aromatic heterocycles. The number of aliphatic imine (C=N–C) groups is 1. The predicted octanol–water partition coefficient (Wildman–Crippen LogP) is 5.99. The van der Waals surface area contributed by atoms with Gasteiger partial charge in [0.05, 0.1) is 11.3 Å². The molecule has 2 aliphatic heterocycles. The van der Waals surface area contributed by atoms with Gasteiger partial charge < -0.3 is 4.57 Å². The minimum Gasteiger partial charge on any atom is -0.342 e. The quantitative estimate of drug-likeness (QED) is 0.380. The summed E-state index contributed by atoms with van der Waals surface area (Å²) in [6.07, 6.45) is 3.86. The van der Waals surface area contributed by atoms with E-state index in [4.69, 9.17) is 5.41 Å². The van der Waals surface area contributed by atoms with Crippen LogP contribution in [-0.4, -0.2) is 26.4 Å². The third kappa shape index (κ3) is 3.49. The Bertz CT molecular complexity index is 1530. The second-order valence-electron chi connectivity index (χ2n) is 8.14. The Labute approximate surface area is 201 Å². The SMILES string of the molecule is N=C1C(=Cc2cn(Cc3ccccc3)c3ccccc23)C(=O)N=C2SC=C(c3ccccc3)N12. The molecule has 6 rings (SSSR count).